The molecule has 0 aliphatic heterocycles. The van der Waals surface area contributed by atoms with E-state index < -0.39 is 53.5 Å². The van der Waals surface area contributed by atoms with Gasteiger partial charge in [-0.15, -0.1) is 0 Å². The highest BCUT2D eigenvalue weighted by Crippen LogP contribution is 2.62. The van der Waals surface area contributed by atoms with Crippen molar-refractivity contribution in [3.05, 3.63) is 0 Å². The van der Waals surface area contributed by atoms with E-state index >= 15 is 0 Å². The molecule has 3 rings (SSSR count). The number of Topliss-reactive ketones (excluding diaryl/α,β-unsaturated/α-hetero) is 1. The summed E-state index contributed by atoms with van der Waals surface area (Å²) in [6.07, 6.45) is -0.254. The second-order valence-corrected chi connectivity index (χ2v) is 10.2. The van der Waals surface area contributed by atoms with E-state index in [9.17, 15) is 24.0 Å². The molecule has 0 saturated heterocycles. The molecule has 190 valence electrons. The van der Waals surface area contributed by atoms with Gasteiger partial charge in [0.1, 0.15) is 18.0 Å². The normalized spacial score (nSPS) is 39.2. The second-order valence-electron chi connectivity index (χ2n) is 10.2. The van der Waals surface area contributed by atoms with Crippen LogP contribution in [-0.4, -0.2) is 55.1 Å². The lowest BCUT2D eigenvalue weighted by Gasteiger charge is -2.63. The summed E-state index contributed by atoms with van der Waals surface area (Å²) in [7, 11) is 1.31. The molecular formula is C25H36O9. The first-order chi connectivity index (χ1) is 15.9. The number of methoxy groups -OCH3 is 1. The Bertz CT molecular complexity index is 851. The standard InChI is InChI=1S/C25H36O9/c1-12-18-8-7-16-17(11-21(30)31-6)20(29)10-9-19(16)25(18,5)24(34-15(4)28)23(33-14(3)27)22(12)32-13(2)26/h12,16-19,22-24H,7-11H2,1-6H3. The number of carbonyl (C=O) groups excluding carboxylic acids is 5. The minimum Gasteiger partial charge on any atom is -0.469 e. The SMILES string of the molecule is COC(=O)CC1C(=O)CCC2C1CCC1C(C)C(OC(C)=O)C(OC(C)=O)C(OC(C)=O)C12C. The molecule has 0 aromatic carbocycles. The highest BCUT2D eigenvalue weighted by atomic mass is 16.6. The number of hydrogen-bond acceptors (Lipinski definition) is 9. The third-order valence-corrected chi connectivity index (χ3v) is 8.46. The minimum absolute atomic E-state index is 0.0127. The summed E-state index contributed by atoms with van der Waals surface area (Å²) in [4.78, 5) is 61.2. The third kappa shape index (κ3) is 4.70. The average Bonchev–Trinajstić information content (AvgIpc) is 2.74. The summed E-state index contributed by atoms with van der Waals surface area (Å²) in [5.41, 5.74) is -0.653. The van der Waals surface area contributed by atoms with Crippen molar-refractivity contribution in [3.8, 4) is 0 Å². The number of carbonyl (C=O) groups is 5. The largest absolute Gasteiger partial charge is 0.469 e. The summed E-state index contributed by atoms with van der Waals surface area (Å²) in [6, 6.07) is 0. The zero-order valence-electron chi connectivity index (χ0n) is 20.8. The monoisotopic (exact) mass is 480 g/mol. The van der Waals surface area contributed by atoms with Crippen molar-refractivity contribution < 1.29 is 42.9 Å². The van der Waals surface area contributed by atoms with Gasteiger partial charge < -0.3 is 18.9 Å². The molecule has 9 atom stereocenters. The highest BCUT2D eigenvalue weighted by molar-refractivity contribution is 5.86. The van der Waals surface area contributed by atoms with E-state index in [0.29, 0.717) is 19.3 Å². The van der Waals surface area contributed by atoms with Gasteiger partial charge in [0.15, 0.2) is 6.10 Å². The van der Waals surface area contributed by atoms with Crippen LogP contribution in [0.4, 0.5) is 0 Å². The summed E-state index contributed by atoms with van der Waals surface area (Å²) < 4.78 is 22.0. The maximum absolute atomic E-state index is 12.9. The first kappa shape index (κ1) is 26.2. The number of fused-ring (bicyclic) bond motifs is 3. The highest BCUT2D eigenvalue weighted by Gasteiger charge is 2.66. The molecule has 9 heteroatoms. The molecular weight excluding hydrogens is 444 g/mol. The zero-order chi connectivity index (χ0) is 25.4. The number of ketones is 1. The van der Waals surface area contributed by atoms with Gasteiger partial charge in [0.05, 0.1) is 13.5 Å². The summed E-state index contributed by atoms with van der Waals surface area (Å²) in [5.74, 6) is -2.77. The quantitative estimate of drug-likeness (QED) is 0.431. The van der Waals surface area contributed by atoms with Crippen LogP contribution in [0.3, 0.4) is 0 Å². The van der Waals surface area contributed by atoms with E-state index in [4.69, 9.17) is 18.9 Å². The predicted octanol–water partition coefficient (Wildman–Crippen LogP) is 2.62. The summed E-state index contributed by atoms with van der Waals surface area (Å²) in [6.45, 7) is 7.87. The molecule has 0 N–H and O–H groups in total. The Morgan fingerprint density at radius 1 is 0.882 bits per heavy atom. The van der Waals surface area contributed by atoms with Crippen LogP contribution >= 0.6 is 0 Å². The fraction of sp³-hybridized carbons (Fsp3) is 0.800. The van der Waals surface area contributed by atoms with Crippen molar-refractivity contribution in [2.45, 2.75) is 85.0 Å². The molecule has 34 heavy (non-hydrogen) atoms. The van der Waals surface area contributed by atoms with Crippen LogP contribution in [-0.2, 0) is 42.9 Å². The molecule has 3 saturated carbocycles. The van der Waals surface area contributed by atoms with Crippen LogP contribution in [0.5, 0.6) is 0 Å². The van der Waals surface area contributed by atoms with E-state index in [1.165, 1.54) is 27.9 Å². The number of rotatable bonds is 5. The maximum atomic E-state index is 12.9. The smallest absolute Gasteiger partial charge is 0.306 e. The lowest BCUT2D eigenvalue weighted by atomic mass is 9.44. The van der Waals surface area contributed by atoms with E-state index in [1.807, 2.05) is 13.8 Å². The molecule has 9 unspecified atom stereocenters. The Kier molecular flexibility index (Phi) is 7.72. The van der Waals surface area contributed by atoms with Gasteiger partial charge in [0, 0.05) is 44.4 Å². The third-order valence-electron chi connectivity index (χ3n) is 8.46. The Hall–Kier alpha value is -2.45. The number of ether oxygens (including phenoxy) is 4. The molecule has 3 aliphatic rings. The molecule has 3 aliphatic carbocycles. The van der Waals surface area contributed by atoms with Crippen LogP contribution < -0.4 is 0 Å². The molecule has 0 radical (unpaired) electrons. The molecule has 0 heterocycles. The van der Waals surface area contributed by atoms with Gasteiger partial charge in [-0.1, -0.05) is 13.8 Å². The van der Waals surface area contributed by atoms with Crippen LogP contribution in [0.2, 0.25) is 0 Å². The van der Waals surface area contributed by atoms with Gasteiger partial charge >= 0.3 is 23.9 Å². The molecule has 0 aromatic heterocycles. The molecule has 9 nitrogen and oxygen atoms in total. The van der Waals surface area contributed by atoms with Crippen LogP contribution in [0.1, 0.15) is 66.7 Å². The number of hydrogen-bond donors (Lipinski definition) is 0. The van der Waals surface area contributed by atoms with E-state index in [-0.39, 0.29) is 35.9 Å². The predicted molar refractivity (Wildman–Crippen MR) is 118 cm³/mol. The van der Waals surface area contributed by atoms with Crippen LogP contribution in [0.25, 0.3) is 0 Å². The molecule has 3 fully saturated rings. The first-order valence-electron chi connectivity index (χ1n) is 12.0. The van der Waals surface area contributed by atoms with Crippen molar-refractivity contribution in [2.75, 3.05) is 7.11 Å². The van der Waals surface area contributed by atoms with Gasteiger partial charge in [-0.25, -0.2) is 0 Å². The van der Waals surface area contributed by atoms with Gasteiger partial charge in [-0.2, -0.15) is 0 Å². The molecule has 0 bridgehead atoms. The fourth-order valence-corrected chi connectivity index (χ4v) is 7.24. The van der Waals surface area contributed by atoms with Crippen molar-refractivity contribution in [1.82, 2.24) is 0 Å². The first-order valence-corrected chi connectivity index (χ1v) is 12.0. The Morgan fingerprint density at radius 2 is 1.47 bits per heavy atom. The van der Waals surface area contributed by atoms with Crippen molar-refractivity contribution in [2.24, 2.45) is 35.0 Å². The van der Waals surface area contributed by atoms with E-state index in [0.717, 1.165) is 6.42 Å². The lowest BCUT2D eigenvalue weighted by molar-refractivity contribution is -0.255. The molecule has 0 amide bonds. The van der Waals surface area contributed by atoms with Crippen molar-refractivity contribution >= 4 is 29.7 Å². The van der Waals surface area contributed by atoms with Gasteiger partial charge in [-0.05, 0) is 37.0 Å². The minimum atomic E-state index is -0.975. The van der Waals surface area contributed by atoms with E-state index in [1.54, 1.807) is 0 Å². The van der Waals surface area contributed by atoms with Gasteiger partial charge in [0.2, 0.25) is 0 Å². The zero-order valence-corrected chi connectivity index (χ0v) is 20.8. The number of esters is 4. The lowest BCUT2D eigenvalue weighted by Crippen LogP contribution is -2.68. The Labute approximate surface area is 200 Å². The summed E-state index contributed by atoms with van der Waals surface area (Å²) >= 11 is 0. The van der Waals surface area contributed by atoms with Crippen LogP contribution in [0.15, 0.2) is 0 Å². The fourth-order valence-electron chi connectivity index (χ4n) is 7.24. The van der Waals surface area contributed by atoms with Gasteiger partial charge in [-0.3, -0.25) is 24.0 Å². The van der Waals surface area contributed by atoms with Gasteiger partial charge in [0.25, 0.3) is 0 Å². The van der Waals surface area contributed by atoms with Crippen molar-refractivity contribution in [3.63, 3.8) is 0 Å². The Balaban J connectivity index is 2.09. The van der Waals surface area contributed by atoms with Crippen molar-refractivity contribution in [1.29, 1.82) is 0 Å². The molecule has 0 spiro atoms. The average molecular weight is 481 g/mol. The summed E-state index contributed by atoms with van der Waals surface area (Å²) in [5, 5.41) is 0. The Morgan fingerprint density at radius 3 is 2.03 bits per heavy atom. The van der Waals surface area contributed by atoms with E-state index in [2.05, 4.69) is 0 Å². The maximum Gasteiger partial charge on any atom is 0.306 e. The molecule has 0 aromatic rings. The topological polar surface area (TPSA) is 122 Å². The second kappa shape index (κ2) is 10.0. The van der Waals surface area contributed by atoms with Crippen LogP contribution in [0, 0.1) is 35.0 Å².